The Morgan fingerprint density at radius 3 is 2.42 bits per heavy atom. The summed E-state index contributed by atoms with van der Waals surface area (Å²) in [5.41, 5.74) is -0.270. The number of benzene rings is 1. The van der Waals surface area contributed by atoms with Gasteiger partial charge < -0.3 is 10.00 Å². The molecule has 1 unspecified atom stereocenters. The van der Waals surface area contributed by atoms with Gasteiger partial charge in [0.15, 0.2) is 0 Å². The summed E-state index contributed by atoms with van der Waals surface area (Å²) < 4.78 is 21.2. The molecule has 1 saturated carbocycles. The van der Waals surface area contributed by atoms with Crippen molar-refractivity contribution in [3.05, 3.63) is 35.9 Å². The molecule has 2 rings (SSSR count). The standard InChI is InChI=1S/C12H15O6P/c13-11(14)12(6-7-12)9-18-19(15,16)17-8-10-4-2-1-3-5-10/h1-5H,6-9H2,(H,13,14)(H,15,16). The Labute approximate surface area is 110 Å². The van der Waals surface area contributed by atoms with Crippen molar-refractivity contribution in [3.8, 4) is 0 Å². The topological polar surface area (TPSA) is 93.1 Å². The molecule has 1 aromatic rings. The number of carbonyl (C=O) groups is 1. The molecule has 19 heavy (non-hydrogen) atoms. The van der Waals surface area contributed by atoms with Crippen LogP contribution in [0.5, 0.6) is 0 Å². The first kappa shape index (κ1) is 14.2. The molecular weight excluding hydrogens is 271 g/mol. The molecule has 1 aromatic carbocycles. The van der Waals surface area contributed by atoms with E-state index in [4.69, 9.17) is 14.2 Å². The maximum absolute atomic E-state index is 11.6. The molecule has 1 fully saturated rings. The van der Waals surface area contributed by atoms with Crippen molar-refractivity contribution in [2.45, 2.75) is 19.4 Å². The Kier molecular flexibility index (Phi) is 4.06. The highest BCUT2D eigenvalue weighted by atomic mass is 31.2. The van der Waals surface area contributed by atoms with E-state index in [0.717, 1.165) is 5.56 Å². The summed E-state index contributed by atoms with van der Waals surface area (Å²) in [6.07, 6.45) is 0.919. The van der Waals surface area contributed by atoms with Crippen LogP contribution in [0.25, 0.3) is 0 Å². The second-order valence-corrected chi connectivity index (χ2v) is 6.04. The van der Waals surface area contributed by atoms with Crippen LogP contribution in [0.2, 0.25) is 0 Å². The first-order valence-corrected chi connectivity index (χ1v) is 7.32. The summed E-state index contributed by atoms with van der Waals surface area (Å²) in [7, 11) is -4.22. The maximum atomic E-state index is 11.6. The third-order valence-electron chi connectivity index (χ3n) is 3.05. The van der Waals surface area contributed by atoms with Gasteiger partial charge in [0.2, 0.25) is 0 Å². The fraction of sp³-hybridized carbons (Fsp3) is 0.417. The zero-order valence-electron chi connectivity index (χ0n) is 10.2. The molecule has 7 heteroatoms. The van der Waals surface area contributed by atoms with E-state index in [1.165, 1.54) is 0 Å². The molecule has 0 bridgehead atoms. The number of carboxylic acid groups (broad SMARTS) is 1. The number of hydrogen-bond acceptors (Lipinski definition) is 4. The zero-order chi connectivity index (χ0) is 13.9. The Morgan fingerprint density at radius 1 is 1.26 bits per heavy atom. The monoisotopic (exact) mass is 286 g/mol. The smallest absolute Gasteiger partial charge is 0.472 e. The molecule has 2 N–H and O–H groups in total. The highest BCUT2D eigenvalue weighted by Crippen LogP contribution is 2.52. The van der Waals surface area contributed by atoms with Crippen LogP contribution in [0.4, 0.5) is 0 Å². The summed E-state index contributed by atoms with van der Waals surface area (Å²) >= 11 is 0. The summed E-state index contributed by atoms with van der Waals surface area (Å²) in [4.78, 5) is 20.4. The van der Waals surface area contributed by atoms with Crippen molar-refractivity contribution in [1.29, 1.82) is 0 Å². The minimum Gasteiger partial charge on any atom is -0.481 e. The van der Waals surface area contributed by atoms with E-state index in [9.17, 15) is 14.3 Å². The number of phosphoric acid groups is 1. The predicted molar refractivity (Wildman–Crippen MR) is 66.3 cm³/mol. The molecule has 104 valence electrons. The van der Waals surface area contributed by atoms with E-state index in [2.05, 4.69) is 0 Å². The molecule has 0 amide bonds. The minimum absolute atomic E-state index is 0.0608. The Balaban J connectivity index is 1.82. The lowest BCUT2D eigenvalue weighted by atomic mass is 10.1. The summed E-state index contributed by atoms with van der Waals surface area (Å²) in [5, 5.41) is 8.92. The molecule has 0 aromatic heterocycles. The lowest BCUT2D eigenvalue weighted by molar-refractivity contribution is -0.144. The van der Waals surface area contributed by atoms with Crippen LogP contribution in [-0.4, -0.2) is 22.6 Å². The van der Waals surface area contributed by atoms with Gasteiger partial charge in [-0.25, -0.2) is 4.57 Å². The van der Waals surface area contributed by atoms with Crippen molar-refractivity contribution in [3.63, 3.8) is 0 Å². The first-order chi connectivity index (χ1) is 8.94. The van der Waals surface area contributed by atoms with Gasteiger partial charge in [-0.05, 0) is 18.4 Å². The molecule has 0 radical (unpaired) electrons. The summed E-state index contributed by atoms with van der Waals surface area (Å²) in [6, 6.07) is 8.89. The quantitative estimate of drug-likeness (QED) is 0.746. The maximum Gasteiger partial charge on any atom is 0.472 e. The number of rotatable bonds is 7. The third kappa shape index (κ3) is 3.88. The van der Waals surface area contributed by atoms with E-state index in [1.807, 2.05) is 6.07 Å². The normalized spacial score (nSPS) is 19.6. The fourth-order valence-electron chi connectivity index (χ4n) is 1.54. The van der Waals surface area contributed by atoms with Gasteiger partial charge in [-0.1, -0.05) is 30.3 Å². The number of hydrogen-bond donors (Lipinski definition) is 2. The molecule has 6 nitrogen and oxygen atoms in total. The van der Waals surface area contributed by atoms with Crippen LogP contribution in [0.15, 0.2) is 30.3 Å². The minimum atomic E-state index is -4.22. The highest BCUT2D eigenvalue weighted by molar-refractivity contribution is 7.47. The van der Waals surface area contributed by atoms with E-state index < -0.39 is 19.2 Å². The van der Waals surface area contributed by atoms with Crippen molar-refractivity contribution >= 4 is 13.8 Å². The largest absolute Gasteiger partial charge is 0.481 e. The zero-order valence-corrected chi connectivity index (χ0v) is 11.1. The van der Waals surface area contributed by atoms with Gasteiger partial charge in [0.1, 0.15) is 0 Å². The van der Waals surface area contributed by atoms with Gasteiger partial charge >= 0.3 is 13.8 Å². The second-order valence-electron chi connectivity index (χ2n) is 4.59. The Morgan fingerprint density at radius 2 is 1.89 bits per heavy atom. The van der Waals surface area contributed by atoms with Crippen molar-refractivity contribution in [2.75, 3.05) is 6.61 Å². The van der Waals surface area contributed by atoms with E-state index in [1.54, 1.807) is 24.3 Å². The molecule has 1 atom stereocenters. The van der Waals surface area contributed by atoms with Gasteiger partial charge in [-0.15, -0.1) is 0 Å². The van der Waals surface area contributed by atoms with Crippen molar-refractivity contribution in [2.24, 2.45) is 5.41 Å². The number of aliphatic carboxylic acids is 1. The molecule has 1 aliphatic rings. The molecule has 0 heterocycles. The van der Waals surface area contributed by atoms with Crippen LogP contribution in [0, 0.1) is 5.41 Å². The van der Waals surface area contributed by atoms with Gasteiger partial charge in [0.25, 0.3) is 0 Å². The number of carboxylic acids is 1. The SMILES string of the molecule is O=C(O)C1(COP(=O)(O)OCc2ccccc2)CC1. The first-order valence-electron chi connectivity index (χ1n) is 5.83. The van der Waals surface area contributed by atoms with Gasteiger partial charge in [-0.2, -0.15) is 0 Å². The van der Waals surface area contributed by atoms with Crippen LogP contribution >= 0.6 is 7.82 Å². The molecule has 0 aliphatic heterocycles. The van der Waals surface area contributed by atoms with Crippen molar-refractivity contribution < 1.29 is 28.4 Å². The van der Waals surface area contributed by atoms with Crippen molar-refractivity contribution in [1.82, 2.24) is 0 Å². The van der Waals surface area contributed by atoms with Crippen LogP contribution in [0.1, 0.15) is 18.4 Å². The van der Waals surface area contributed by atoms with Crippen LogP contribution in [-0.2, 0) is 25.0 Å². The van der Waals surface area contributed by atoms with Crippen LogP contribution in [0.3, 0.4) is 0 Å². The molecule has 0 saturated heterocycles. The van der Waals surface area contributed by atoms with E-state index >= 15 is 0 Å². The fourth-order valence-corrected chi connectivity index (χ4v) is 2.34. The lowest BCUT2D eigenvalue weighted by Crippen LogP contribution is -2.20. The van der Waals surface area contributed by atoms with Gasteiger partial charge in [0, 0.05) is 0 Å². The average molecular weight is 286 g/mol. The molecule has 0 spiro atoms. The summed E-state index contributed by atoms with van der Waals surface area (Å²) in [5.74, 6) is -1.00. The third-order valence-corrected chi connectivity index (χ3v) is 3.96. The second kappa shape index (κ2) is 5.43. The lowest BCUT2D eigenvalue weighted by Gasteiger charge is -2.15. The number of phosphoric ester groups is 1. The highest BCUT2D eigenvalue weighted by Gasteiger charge is 2.51. The summed E-state index contributed by atoms with van der Waals surface area (Å²) in [6.45, 7) is -0.362. The van der Waals surface area contributed by atoms with Gasteiger partial charge in [0.05, 0.1) is 18.6 Å². The van der Waals surface area contributed by atoms with Crippen LogP contribution < -0.4 is 0 Å². The average Bonchev–Trinajstić information content (AvgIpc) is 3.17. The molecule has 1 aliphatic carbocycles. The molecular formula is C12H15O6P. The van der Waals surface area contributed by atoms with Gasteiger partial charge in [-0.3, -0.25) is 13.8 Å². The van der Waals surface area contributed by atoms with E-state index in [0.29, 0.717) is 12.8 Å². The Bertz CT molecular complexity index is 496. The Hall–Kier alpha value is -1.20. The van der Waals surface area contributed by atoms with E-state index in [-0.39, 0.29) is 13.2 Å². The predicted octanol–water partition coefficient (Wildman–Crippen LogP) is 2.18.